The number of carbonyl (C=O) groups is 2. The van der Waals surface area contributed by atoms with Crippen LogP contribution in [0.5, 0.6) is 0 Å². The number of benzene rings is 1. The van der Waals surface area contributed by atoms with Crippen molar-refractivity contribution in [2.75, 3.05) is 22.4 Å². The number of amides is 1. The van der Waals surface area contributed by atoms with Gasteiger partial charge in [0.05, 0.1) is 6.26 Å². The van der Waals surface area contributed by atoms with Gasteiger partial charge in [0.2, 0.25) is 15.9 Å². The summed E-state index contributed by atoms with van der Waals surface area (Å²) in [6.07, 6.45) is 0.953. The van der Waals surface area contributed by atoms with Crippen molar-refractivity contribution in [3.63, 3.8) is 0 Å². The molecule has 134 valence electrons. The molecule has 0 aliphatic heterocycles. The normalized spacial score (nSPS) is 11.2. The monoisotopic (exact) mass is 365 g/mol. The number of hydrogen-bond donors (Lipinski definition) is 1. The van der Waals surface area contributed by atoms with Crippen molar-refractivity contribution >= 4 is 33.2 Å². The summed E-state index contributed by atoms with van der Waals surface area (Å²) in [5, 5.41) is 6.32. The minimum absolute atomic E-state index is 0.0801. The highest BCUT2D eigenvalue weighted by Crippen LogP contribution is 2.18. The number of anilines is 2. The van der Waals surface area contributed by atoms with Crippen LogP contribution in [0.1, 0.15) is 29.5 Å². The molecule has 1 aromatic heterocycles. The molecular weight excluding hydrogens is 346 g/mol. The lowest BCUT2D eigenvalue weighted by molar-refractivity contribution is -0.116. The first-order valence-electron chi connectivity index (χ1n) is 7.48. The highest BCUT2D eigenvalue weighted by atomic mass is 32.2. The van der Waals surface area contributed by atoms with Crippen LogP contribution in [0.3, 0.4) is 0 Å². The highest BCUT2D eigenvalue weighted by Gasteiger charge is 2.21. The van der Waals surface area contributed by atoms with Crippen molar-refractivity contribution in [3.8, 4) is 0 Å². The number of aromatic nitrogens is 1. The zero-order chi connectivity index (χ0) is 18.6. The van der Waals surface area contributed by atoms with E-state index in [0.717, 1.165) is 10.6 Å². The molecule has 0 saturated heterocycles. The van der Waals surface area contributed by atoms with E-state index in [1.165, 1.54) is 13.0 Å². The van der Waals surface area contributed by atoms with Gasteiger partial charge in [0.25, 0.3) is 0 Å². The molecule has 0 radical (unpaired) electrons. The molecular formula is C16H19N3O5S. The molecule has 0 atom stereocenters. The number of carbonyl (C=O) groups excluding carboxylic acids is 2. The number of rotatable bonds is 7. The van der Waals surface area contributed by atoms with Crippen molar-refractivity contribution in [2.45, 2.75) is 20.3 Å². The molecule has 1 N–H and O–H groups in total. The Bertz CT molecular complexity index is 889. The van der Waals surface area contributed by atoms with Crippen LogP contribution in [0.25, 0.3) is 0 Å². The lowest BCUT2D eigenvalue weighted by Crippen LogP contribution is -2.33. The van der Waals surface area contributed by atoms with Gasteiger partial charge in [0.1, 0.15) is 5.76 Å². The van der Waals surface area contributed by atoms with Crippen LogP contribution < -0.4 is 9.62 Å². The molecule has 0 bridgehead atoms. The number of Topliss-reactive ketones (excluding diaryl/α,β-unsaturated/α-hetero) is 1. The number of nitrogens with zero attached hydrogens (tertiary/aromatic N) is 2. The molecule has 0 fully saturated rings. The second-order valence-electron chi connectivity index (χ2n) is 5.57. The maximum atomic E-state index is 12.1. The van der Waals surface area contributed by atoms with E-state index in [1.807, 2.05) is 0 Å². The smallest absolute Gasteiger partial charge is 0.233 e. The van der Waals surface area contributed by atoms with Crippen molar-refractivity contribution in [1.82, 2.24) is 5.16 Å². The molecule has 9 heteroatoms. The first kappa shape index (κ1) is 18.7. The van der Waals surface area contributed by atoms with Gasteiger partial charge in [-0.2, -0.15) is 0 Å². The average Bonchev–Trinajstić information content (AvgIpc) is 2.92. The van der Waals surface area contributed by atoms with Crippen molar-refractivity contribution in [2.24, 2.45) is 0 Å². The summed E-state index contributed by atoms with van der Waals surface area (Å²) in [5.74, 6) is 0.107. The van der Waals surface area contributed by atoms with Gasteiger partial charge in [0.15, 0.2) is 11.6 Å². The first-order chi connectivity index (χ1) is 11.7. The van der Waals surface area contributed by atoms with E-state index in [9.17, 15) is 18.0 Å². The number of hydrogen-bond acceptors (Lipinski definition) is 6. The molecule has 1 amide bonds. The van der Waals surface area contributed by atoms with Gasteiger partial charge < -0.3 is 9.84 Å². The maximum Gasteiger partial charge on any atom is 0.233 e. The Hall–Kier alpha value is -2.68. The van der Waals surface area contributed by atoms with E-state index in [-0.39, 0.29) is 30.5 Å². The Morgan fingerprint density at radius 2 is 2.00 bits per heavy atom. The summed E-state index contributed by atoms with van der Waals surface area (Å²) in [4.78, 5) is 23.5. The third kappa shape index (κ3) is 5.15. The molecule has 1 heterocycles. The van der Waals surface area contributed by atoms with Crippen LogP contribution in [-0.2, 0) is 14.8 Å². The predicted molar refractivity (Wildman–Crippen MR) is 93.1 cm³/mol. The van der Waals surface area contributed by atoms with Crippen molar-refractivity contribution < 1.29 is 22.5 Å². The fourth-order valence-corrected chi connectivity index (χ4v) is 3.01. The molecule has 2 rings (SSSR count). The summed E-state index contributed by atoms with van der Waals surface area (Å²) in [6.45, 7) is 3.00. The third-order valence-electron chi connectivity index (χ3n) is 3.37. The van der Waals surface area contributed by atoms with Crippen LogP contribution in [0.2, 0.25) is 0 Å². The summed E-state index contributed by atoms with van der Waals surface area (Å²) in [5.41, 5.74) is 0.953. The van der Waals surface area contributed by atoms with Gasteiger partial charge in [-0.3, -0.25) is 13.9 Å². The largest absolute Gasteiger partial charge is 0.360 e. The summed E-state index contributed by atoms with van der Waals surface area (Å²) < 4.78 is 29.7. The number of ketones is 1. The van der Waals surface area contributed by atoms with E-state index in [2.05, 4.69) is 10.5 Å². The van der Waals surface area contributed by atoms with E-state index >= 15 is 0 Å². The summed E-state index contributed by atoms with van der Waals surface area (Å²) in [7, 11) is -3.60. The van der Waals surface area contributed by atoms with E-state index in [1.54, 1.807) is 31.2 Å². The number of nitrogens with one attached hydrogen (secondary N) is 1. The fraction of sp³-hybridized carbons (Fsp3) is 0.312. The van der Waals surface area contributed by atoms with Crippen molar-refractivity contribution in [3.05, 3.63) is 41.7 Å². The number of aryl methyl sites for hydroxylation is 1. The molecule has 0 unspecified atom stereocenters. The van der Waals surface area contributed by atoms with Gasteiger partial charge in [-0.15, -0.1) is 0 Å². The van der Waals surface area contributed by atoms with Gasteiger partial charge >= 0.3 is 0 Å². The molecule has 0 saturated carbocycles. The van der Waals surface area contributed by atoms with E-state index < -0.39 is 10.0 Å². The Morgan fingerprint density at radius 1 is 1.28 bits per heavy atom. The van der Waals surface area contributed by atoms with Crippen LogP contribution >= 0.6 is 0 Å². The SMILES string of the molecule is CC(=O)c1cccc(NC(=O)CCN(c2cc(C)on2)S(C)(=O)=O)c1. The van der Waals surface area contributed by atoms with Gasteiger partial charge in [-0.1, -0.05) is 17.3 Å². The van der Waals surface area contributed by atoms with Crippen LogP contribution in [0.15, 0.2) is 34.9 Å². The number of sulfonamides is 1. The minimum atomic E-state index is -3.60. The summed E-state index contributed by atoms with van der Waals surface area (Å²) >= 11 is 0. The molecule has 8 nitrogen and oxygen atoms in total. The Morgan fingerprint density at radius 3 is 2.56 bits per heavy atom. The molecule has 0 aliphatic rings. The molecule has 2 aromatic rings. The minimum Gasteiger partial charge on any atom is -0.360 e. The van der Waals surface area contributed by atoms with Crippen LogP contribution in [-0.4, -0.2) is 38.1 Å². The zero-order valence-corrected chi connectivity index (χ0v) is 15.0. The predicted octanol–water partition coefficient (Wildman–Crippen LogP) is 1.98. The quantitative estimate of drug-likeness (QED) is 0.751. The van der Waals surface area contributed by atoms with Crippen LogP contribution in [0.4, 0.5) is 11.5 Å². The molecule has 25 heavy (non-hydrogen) atoms. The van der Waals surface area contributed by atoms with E-state index in [4.69, 9.17) is 4.52 Å². The standard InChI is InChI=1S/C16H19N3O5S/c1-11-9-15(18-24-11)19(25(3,22)23)8-7-16(21)17-14-6-4-5-13(10-14)12(2)20/h4-6,9-10H,7-8H2,1-3H3,(H,17,21). The molecule has 0 aliphatic carbocycles. The molecule has 1 aromatic carbocycles. The lowest BCUT2D eigenvalue weighted by Gasteiger charge is -2.18. The first-order valence-corrected chi connectivity index (χ1v) is 9.33. The second kappa shape index (κ2) is 7.47. The lowest BCUT2D eigenvalue weighted by atomic mass is 10.1. The van der Waals surface area contributed by atoms with Crippen LogP contribution in [0, 0.1) is 6.92 Å². The Labute approximate surface area is 145 Å². The highest BCUT2D eigenvalue weighted by molar-refractivity contribution is 7.92. The third-order valence-corrected chi connectivity index (χ3v) is 4.54. The van der Waals surface area contributed by atoms with Gasteiger partial charge in [-0.25, -0.2) is 8.42 Å². The molecule has 0 spiro atoms. The Balaban J connectivity index is 2.04. The zero-order valence-electron chi connectivity index (χ0n) is 14.1. The maximum absolute atomic E-state index is 12.1. The second-order valence-corrected chi connectivity index (χ2v) is 7.47. The Kier molecular flexibility index (Phi) is 5.58. The van der Waals surface area contributed by atoms with Crippen molar-refractivity contribution in [1.29, 1.82) is 0 Å². The van der Waals surface area contributed by atoms with E-state index in [0.29, 0.717) is 17.0 Å². The average molecular weight is 365 g/mol. The summed E-state index contributed by atoms with van der Waals surface area (Å²) in [6, 6.07) is 8.01. The topological polar surface area (TPSA) is 110 Å². The fourth-order valence-electron chi connectivity index (χ4n) is 2.16. The van der Waals surface area contributed by atoms with Gasteiger partial charge in [0, 0.05) is 30.3 Å². The van der Waals surface area contributed by atoms with Gasteiger partial charge in [-0.05, 0) is 26.0 Å².